The van der Waals surface area contributed by atoms with Gasteiger partial charge in [0.15, 0.2) is 5.11 Å². The number of anilines is 1. The van der Waals surface area contributed by atoms with Crippen LogP contribution in [-0.2, 0) is 11.3 Å². The van der Waals surface area contributed by atoms with E-state index in [0.717, 1.165) is 41.6 Å². The molecule has 4 rings (SSSR count). The molecule has 1 saturated heterocycles. The van der Waals surface area contributed by atoms with Gasteiger partial charge in [0.1, 0.15) is 0 Å². The second kappa shape index (κ2) is 9.16. The number of rotatable bonds is 5. The smallest absolute Gasteiger partial charge is 0.253 e. The molecule has 1 fully saturated rings. The highest BCUT2D eigenvalue weighted by Crippen LogP contribution is 2.19. The molecule has 0 aliphatic carbocycles. The van der Waals surface area contributed by atoms with E-state index in [1.807, 2.05) is 54.3 Å². The molecule has 2 heterocycles. The van der Waals surface area contributed by atoms with Gasteiger partial charge >= 0.3 is 0 Å². The van der Waals surface area contributed by atoms with Gasteiger partial charge in [-0.25, -0.2) is 0 Å². The summed E-state index contributed by atoms with van der Waals surface area (Å²) in [5.41, 5.74) is 3.36. The minimum Gasteiger partial charge on any atom is -0.376 e. The van der Waals surface area contributed by atoms with Gasteiger partial charge in [-0.3, -0.25) is 4.79 Å². The van der Waals surface area contributed by atoms with Gasteiger partial charge < -0.3 is 19.9 Å². The van der Waals surface area contributed by atoms with E-state index >= 15 is 0 Å². The van der Waals surface area contributed by atoms with Crippen LogP contribution in [0.25, 0.3) is 10.9 Å². The van der Waals surface area contributed by atoms with E-state index in [-0.39, 0.29) is 11.7 Å². The highest BCUT2D eigenvalue weighted by Gasteiger charge is 2.22. The molecule has 1 aliphatic heterocycles. The van der Waals surface area contributed by atoms with Crippen molar-refractivity contribution in [3.05, 3.63) is 75.0 Å². The molecule has 0 saturated carbocycles. The Morgan fingerprint density at radius 2 is 2.17 bits per heavy atom. The number of ether oxygens (including phenoxy) is 1. The maximum atomic E-state index is 12.7. The molecular formula is C23H24ClN3O2S. The van der Waals surface area contributed by atoms with Crippen LogP contribution in [0.4, 0.5) is 5.69 Å². The second-order valence-corrected chi connectivity index (χ2v) is 8.49. The van der Waals surface area contributed by atoms with E-state index in [0.29, 0.717) is 28.8 Å². The summed E-state index contributed by atoms with van der Waals surface area (Å²) >= 11 is 11.8. The second-order valence-electron chi connectivity index (χ2n) is 7.67. The zero-order valence-electron chi connectivity index (χ0n) is 16.8. The van der Waals surface area contributed by atoms with E-state index in [1.54, 1.807) is 0 Å². The lowest BCUT2D eigenvalue weighted by Gasteiger charge is -2.28. The molecular weight excluding hydrogens is 418 g/mol. The number of H-pyrrole nitrogens is 1. The summed E-state index contributed by atoms with van der Waals surface area (Å²) in [6.07, 6.45) is 2.14. The molecule has 0 spiro atoms. The predicted molar refractivity (Wildman–Crippen MR) is 126 cm³/mol. The third kappa shape index (κ3) is 5.01. The van der Waals surface area contributed by atoms with Crippen LogP contribution >= 0.6 is 23.8 Å². The number of nitrogens with one attached hydrogen (secondary N) is 2. The lowest BCUT2D eigenvalue weighted by Crippen LogP contribution is -2.40. The summed E-state index contributed by atoms with van der Waals surface area (Å²) in [7, 11) is 0. The molecule has 7 heteroatoms. The largest absolute Gasteiger partial charge is 0.376 e. The fraction of sp³-hybridized carbons (Fsp3) is 0.304. The zero-order chi connectivity index (χ0) is 21.1. The average molecular weight is 442 g/mol. The van der Waals surface area contributed by atoms with Crippen LogP contribution in [-0.4, -0.2) is 34.3 Å². The molecule has 3 aromatic rings. The van der Waals surface area contributed by atoms with Gasteiger partial charge in [0.05, 0.1) is 12.6 Å². The number of hydrogen-bond donors (Lipinski definition) is 2. The highest BCUT2D eigenvalue weighted by atomic mass is 35.5. The SMILES string of the molecule is Cc1ccc2[nH]c(=O)c(CN(CC3CCCO3)C(=S)Nc3cccc(Cl)c3)cc2c1. The van der Waals surface area contributed by atoms with Crippen LogP contribution in [0.3, 0.4) is 0 Å². The van der Waals surface area contributed by atoms with E-state index < -0.39 is 0 Å². The van der Waals surface area contributed by atoms with Crippen molar-refractivity contribution in [2.75, 3.05) is 18.5 Å². The van der Waals surface area contributed by atoms with Gasteiger partial charge in [-0.1, -0.05) is 29.3 Å². The lowest BCUT2D eigenvalue weighted by molar-refractivity contribution is 0.0904. The van der Waals surface area contributed by atoms with Crippen molar-refractivity contribution < 1.29 is 4.74 Å². The minimum atomic E-state index is -0.103. The summed E-state index contributed by atoms with van der Waals surface area (Å²) in [4.78, 5) is 17.7. The predicted octanol–water partition coefficient (Wildman–Crippen LogP) is 4.87. The first-order chi connectivity index (χ1) is 14.5. The van der Waals surface area contributed by atoms with Gasteiger partial charge in [-0.15, -0.1) is 0 Å². The Hall–Kier alpha value is -2.41. The first kappa shape index (κ1) is 20.8. The molecule has 1 unspecified atom stereocenters. The molecule has 1 aliphatic rings. The number of benzene rings is 2. The fourth-order valence-corrected chi connectivity index (χ4v) is 4.16. The summed E-state index contributed by atoms with van der Waals surface area (Å²) in [6, 6.07) is 15.4. The van der Waals surface area contributed by atoms with Gasteiger partial charge in [-0.2, -0.15) is 0 Å². The fourth-order valence-electron chi connectivity index (χ4n) is 3.72. The molecule has 0 amide bonds. The number of pyridine rings is 1. The van der Waals surface area contributed by atoms with E-state index in [2.05, 4.69) is 16.4 Å². The maximum absolute atomic E-state index is 12.7. The lowest BCUT2D eigenvalue weighted by atomic mass is 10.1. The Morgan fingerprint density at radius 3 is 2.93 bits per heavy atom. The molecule has 5 nitrogen and oxygen atoms in total. The van der Waals surface area contributed by atoms with E-state index in [4.69, 9.17) is 28.6 Å². The van der Waals surface area contributed by atoms with Crippen LogP contribution in [0.15, 0.2) is 53.3 Å². The Bertz CT molecular complexity index is 1120. The standard InChI is InChI=1S/C23H24ClN3O2S/c1-15-7-8-21-16(10-15)11-17(22(28)26-21)13-27(14-20-6-3-9-29-20)23(30)25-19-5-2-4-18(24)12-19/h2,4-5,7-8,10-12,20H,3,6,9,13-14H2,1H3,(H,25,30)(H,26,28). The molecule has 1 atom stereocenters. The number of hydrogen-bond acceptors (Lipinski definition) is 3. The van der Waals surface area contributed by atoms with Gasteiger partial charge in [0, 0.05) is 34.9 Å². The number of thiocarbonyl (C=S) groups is 1. The topological polar surface area (TPSA) is 57.4 Å². The molecule has 30 heavy (non-hydrogen) atoms. The normalized spacial score (nSPS) is 16.0. The Kier molecular flexibility index (Phi) is 6.37. The first-order valence-electron chi connectivity index (χ1n) is 10.0. The first-order valence-corrected chi connectivity index (χ1v) is 10.8. The number of aromatic amines is 1. The summed E-state index contributed by atoms with van der Waals surface area (Å²) in [5.74, 6) is 0. The van der Waals surface area contributed by atoms with Crippen molar-refractivity contribution in [2.24, 2.45) is 0 Å². The number of fused-ring (bicyclic) bond motifs is 1. The van der Waals surface area contributed by atoms with Crippen LogP contribution in [0.1, 0.15) is 24.0 Å². The molecule has 156 valence electrons. The maximum Gasteiger partial charge on any atom is 0.253 e. The quantitative estimate of drug-likeness (QED) is 0.553. The number of aryl methyl sites for hydroxylation is 1. The molecule has 2 aromatic carbocycles. The highest BCUT2D eigenvalue weighted by molar-refractivity contribution is 7.80. The van der Waals surface area contributed by atoms with Gasteiger partial charge in [-0.05, 0) is 73.8 Å². The minimum absolute atomic E-state index is 0.103. The van der Waals surface area contributed by atoms with Crippen molar-refractivity contribution in [1.82, 2.24) is 9.88 Å². The Balaban J connectivity index is 1.60. The van der Waals surface area contributed by atoms with Crippen molar-refractivity contribution in [1.29, 1.82) is 0 Å². The van der Waals surface area contributed by atoms with Gasteiger partial charge in [0.25, 0.3) is 5.56 Å². The average Bonchev–Trinajstić information content (AvgIpc) is 3.21. The van der Waals surface area contributed by atoms with Crippen LogP contribution in [0.2, 0.25) is 5.02 Å². The van der Waals surface area contributed by atoms with Gasteiger partial charge in [0.2, 0.25) is 0 Å². The Morgan fingerprint density at radius 1 is 1.30 bits per heavy atom. The molecule has 0 bridgehead atoms. The van der Waals surface area contributed by atoms with Crippen LogP contribution in [0.5, 0.6) is 0 Å². The summed E-state index contributed by atoms with van der Waals surface area (Å²) in [5, 5.41) is 5.43. The van der Waals surface area contributed by atoms with Crippen LogP contribution < -0.4 is 10.9 Å². The van der Waals surface area contributed by atoms with Crippen molar-refractivity contribution >= 4 is 45.5 Å². The Labute approximate surface area is 186 Å². The van der Waals surface area contributed by atoms with Crippen LogP contribution in [0, 0.1) is 6.92 Å². The van der Waals surface area contributed by atoms with Crippen molar-refractivity contribution in [3.8, 4) is 0 Å². The number of nitrogens with zero attached hydrogens (tertiary/aromatic N) is 1. The summed E-state index contributed by atoms with van der Waals surface area (Å²) < 4.78 is 5.82. The zero-order valence-corrected chi connectivity index (χ0v) is 18.4. The number of halogens is 1. The third-order valence-corrected chi connectivity index (χ3v) is 5.84. The third-order valence-electron chi connectivity index (χ3n) is 5.25. The summed E-state index contributed by atoms with van der Waals surface area (Å²) in [6.45, 7) is 3.82. The van der Waals surface area contributed by atoms with Crippen molar-refractivity contribution in [2.45, 2.75) is 32.4 Å². The monoisotopic (exact) mass is 441 g/mol. The van der Waals surface area contributed by atoms with E-state index in [9.17, 15) is 4.79 Å². The molecule has 2 N–H and O–H groups in total. The molecule has 0 radical (unpaired) electrons. The van der Waals surface area contributed by atoms with Crippen molar-refractivity contribution in [3.63, 3.8) is 0 Å². The number of aromatic nitrogens is 1. The molecule has 1 aromatic heterocycles. The van der Waals surface area contributed by atoms with E-state index in [1.165, 1.54) is 0 Å².